The van der Waals surface area contributed by atoms with Gasteiger partial charge in [0, 0.05) is 18.4 Å². The Balaban J connectivity index is 2.34. The highest BCUT2D eigenvalue weighted by atomic mass is 16.5. The third-order valence-corrected chi connectivity index (χ3v) is 3.15. The average Bonchev–Trinajstić information content (AvgIpc) is 2.77. The Morgan fingerprint density at radius 2 is 2.05 bits per heavy atom. The lowest BCUT2D eigenvalue weighted by molar-refractivity contribution is 0.411. The fraction of sp³-hybridized carbons (Fsp3) is 0.438. The summed E-state index contributed by atoms with van der Waals surface area (Å²) in [5.41, 5.74) is 3.21. The number of nitrogens with one attached hydrogen (secondary N) is 1. The second kappa shape index (κ2) is 5.99. The molecular formula is C16H23N3O. The predicted octanol–water partition coefficient (Wildman–Crippen LogP) is 3.57. The number of anilines is 1. The van der Waals surface area contributed by atoms with Gasteiger partial charge in [-0.05, 0) is 43.5 Å². The Morgan fingerprint density at radius 3 is 2.65 bits per heavy atom. The second-order valence-electron chi connectivity index (χ2n) is 5.50. The summed E-state index contributed by atoms with van der Waals surface area (Å²) in [5, 5.41) is 3.40. The first-order valence-electron chi connectivity index (χ1n) is 6.96. The molecule has 4 heteroatoms. The molecule has 1 aromatic heterocycles. The monoisotopic (exact) mass is 273 g/mol. The van der Waals surface area contributed by atoms with Gasteiger partial charge < -0.3 is 10.1 Å². The van der Waals surface area contributed by atoms with E-state index in [4.69, 9.17) is 4.74 Å². The molecule has 0 radical (unpaired) electrons. The minimum absolute atomic E-state index is 0.582. The van der Waals surface area contributed by atoms with E-state index < -0.39 is 0 Å². The van der Waals surface area contributed by atoms with E-state index in [2.05, 4.69) is 34.8 Å². The minimum atomic E-state index is 0.582. The van der Waals surface area contributed by atoms with Crippen LogP contribution in [0.4, 0.5) is 5.95 Å². The van der Waals surface area contributed by atoms with Crippen molar-refractivity contribution >= 4 is 5.95 Å². The van der Waals surface area contributed by atoms with Gasteiger partial charge in [0.1, 0.15) is 5.75 Å². The van der Waals surface area contributed by atoms with Crippen LogP contribution < -0.4 is 10.1 Å². The number of aromatic nitrogens is 2. The van der Waals surface area contributed by atoms with Crippen LogP contribution in [0.1, 0.15) is 25.1 Å². The van der Waals surface area contributed by atoms with E-state index in [-0.39, 0.29) is 0 Å². The number of benzene rings is 1. The summed E-state index contributed by atoms with van der Waals surface area (Å²) in [7, 11) is 1.69. The van der Waals surface area contributed by atoms with Gasteiger partial charge in [0.25, 0.3) is 0 Å². The maximum Gasteiger partial charge on any atom is 0.207 e. The van der Waals surface area contributed by atoms with Crippen LogP contribution in [0.3, 0.4) is 0 Å². The van der Waals surface area contributed by atoms with E-state index in [0.29, 0.717) is 5.92 Å². The molecule has 1 N–H and O–H groups in total. The number of rotatable bonds is 5. The first kappa shape index (κ1) is 14.4. The maximum absolute atomic E-state index is 5.31. The molecule has 2 rings (SSSR count). The van der Waals surface area contributed by atoms with Gasteiger partial charge in [-0.3, -0.25) is 4.57 Å². The normalized spacial score (nSPS) is 10.9. The highest BCUT2D eigenvalue weighted by molar-refractivity contribution is 5.48. The summed E-state index contributed by atoms with van der Waals surface area (Å²) in [5.74, 6) is 2.38. The summed E-state index contributed by atoms with van der Waals surface area (Å²) in [6.07, 6.45) is 2.05. The summed E-state index contributed by atoms with van der Waals surface area (Å²) < 4.78 is 7.40. The lowest BCUT2D eigenvalue weighted by Crippen LogP contribution is -2.12. The number of hydrogen-bond donors (Lipinski definition) is 1. The molecule has 0 atom stereocenters. The molecule has 4 nitrogen and oxygen atoms in total. The molecule has 1 aromatic carbocycles. The zero-order valence-electron chi connectivity index (χ0n) is 12.9. The predicted molar refractivity (Wildman–Crippen MR) is 82.9 cm³/mol. The summed E-state index contributed by atoms with van der Waals surface area (Å²) in [6, 6.07) is 6.15. The largest absolute Gasteiger partial charge is 0.496 e. The average molecular weight is 273 g/mol. The Bertz CT molecular complexity index is 587. The van der Waals surface area contributed by atoms with E-state index >= 15 is 0 Å². The molecule has 0 bridgehead atoms. The smallest absolute Gasteiger partial charge is 0.207 e. The van der Waals surface area contributed by atoms with Crippen LogP contribution in [0.15, 0.2) is 24.4 Å². The summed E-state index contributed by atoms with van der Waals surface area (Å²) >= 11 is 0. The van der Waals surface area contributed by atoms with Crippen LogP contribution in [-0.4, -0.2) is 23.2 Å². The molecule has 0 unspecified atom stereocenters. The molecular weight excluding hydrogens is 250 g/mol. The second-order valence-corrected chi connectivity index (χ2v) is 5.50. The van der Waals surface area contributed by atoms with Gasteiger partial charge in [0.15, 0.2) is 0 Å². The van der Waals surface area contributed by atoms with E-state index in [1.807, 2.05) is 32.2 Å². The highest BCUT2D eigenvalue weighted by Gasteiger charge is 2.09. The third-order valence-electron chi connectivity index (χ3n) is 3.15. The van der Waals surface area contributed by atoms with Gasteiger partial charge in [0.2, 0.25) is 5.95 Å². The molecule has 2 aromatic rings. The van der Waals surface area contributed by atoms with Gasteiger partial charge >= 0.3 is 0 Å². The van der Waals surface area contributed by atoms with Crippen LogP contribution >= 0.6 is 0 Å². The first-order valence-corrected chi connectivity index (χ1v) is 6.96. The Morgan fingerprint density at radius 1 is 1.30 bits per heavy atom. The number of nitrogens with zero attached hydrogens (tertiary/aromatic N) is 2. The number of ether oxygens (including phenoxy) is 1. The van der Waals surface area contributed by atoms with Gasteiger partial charge in [0.05, 0.1) is 12.8 Å². The fourth-order valence-corrected chi connectivity index (χ4v) is 2.13. The zero-order valence-corrected chi connectivity index (χ0v) is 12.9. The van der Waals surface area contributed by atoms with E-state index in [9.17, 15) is 0 Å². The molecule has 0 aliphatic heterocycles. The van der Waals surface area contributed by atoms with E-state index in [1.54, 1.807) is 7.11 Å². The van der Waals surface area contributed by atoms with Crippen molar-refractivity contribution in [3.8, 4) is 11.4 Å². The van der Waals surface area contributed by atoms with Gasteiger partial charge in [-0.2, -0.15) is 0 Å². The van der Waals surface area contributed by atoms with Crippen molar-refractivity contribution in [2.75, 3.05) is 19.0 Å². The van der Waals surface area contributed by atoms with Crippen LogP contribution in [0.25, 0.3) is 5.69 Å². The highest BCUT2D eigenvalue weighted by Crippen LogP contribution is 2.23. The van der Waals surface area contributed by atoms with Crippen molar-refractivity contribution in [2.45, 2.75) is 27.7 Å². The van der Waals surface area contributed by atoms with Crippen molar-refractivity contribution < 1.29 is 4.74 Å². The molecule has 20 heavy (non-hydrogen) atoms. The van der Waals surface area contributed by atoms with Gasteiger partial charge in [-0.25, -0.2) is 4.98 Å². The lowest BCUT2D eigenvalue weighted by atomic mass is 10.2. The minimum Gasteiger partial charge on any atom is -0.496 e. The molecule has 108 valence electrons. The molecule has 0 fully saturated rings. The Labute approximate surface area is 120 Å². The van der Waals surface area contributed by atoms with Crippen LogP contribution in [0.2, 0.25) is 0 Å². The van der Waals surface area contributed by atoms with Gasteiger partial charge in [-0.1, -0.05) is 13.8 Å². The van der Waals surface area contributed by atoms with Crippen LogP contribution in [0, 0.1) is 19.8 Å². The molecule has 1 heterocycles. The third kappa shape index (κ3) is 3.13. The van der Waals surface area contributed by atoms with Crippen molar-refractivity contribution in [2.24, 2.45) is 5.92 Å². The molecule has 0 saturated heterocycles. The van der Waals surface area contributed by atoms with Crippen molar-refractivity contribution in [1.82, 2.24) is 9.55 Å². The number of aryl methyl sites for hydroxylation is 2. The molecule has 0 spiro atoms. The van der Waals surface area contributed by atoms with Crippen molar-refractivity contribution in [1.29, 1.82) is 0 Å². The molecule has 0 aliphatic carbocycles. The number of imidazole rings is 1. The van der Waals surface area contributed by atoms with E-state index in [1.165, 1.54) is 0 Å². The SMILES string of the molecule is COc1ccc(-n2cc(C)nc2NCC(C)C)cc1C. The topological polar surface area (TPSA) is 39.1 Å². The quantitative estimate of drug-likeness (QED) is 0.905. The maximum atomic E-state index is 5.31. The number of methoxy groups -OCH3 is 1. The fourth-order valence-electron chi connectivity index (χ4n) is 2.13. The van der Waals surface area contributed by atoms with Crippen molar-refractivity contribution in [3.05, 3.63) is 35.7 Å². The van der Waals surface area contributed by atoms with Crippen LogP contribution in [-0.2, 0) is 0 Å². The lowest BCUT2D eigenvalue weighted by Gasteiger charge is -2.13. The Kier molecular flexibility index (Phi) is 4.32. The number of hydrogen-bond acceptors (Lipinski definition) is 3. The van der Waals surface area contributed by atoms with Crippen LogP contribution in [0.5, 0.6) is 5.75 Å². The summed E-state index contributed by atoms with van der Waals surface area (Å²) in [4.78, 5) is 4.55. The Hall–Kier alpha value is -1.97. The molecule has 0 amide bonds. The molecule has 0 saturated carbocycles. The van der Waals surface area contributed by atoms with Crippen molar-refractivity contribution in [3.63, 3.8) is 0 Å². The van der Waals surface area contributed by atoms with Gasteiger partial charge in [-0.15, -0.1) is 0 Å². The van der Waals surface area contributed by atoms with E-state index in [0.717, 1.165) is 35.2 Å². The first-order chi connectivity index (χ1) is 9.51. The summed E-state index contributed by atoms with van der Waals surface area (Å²) in [6.45, 7) is 9.34. The zero-order chi connectivity index (χ0) is 14.7. The standard InChI is InChI=1S/C16H23N3O/c1-11(2)9-17-16-18-13(4)10-19(16)14-6-7-15(20-5)12(3)8-14/h6-8,10-11H,9H2,1-5H3,(H,17,18). The molecule has 0 aliphatic rings.